The Morgan fingerprint density at radius 2 is 1.56 bits per heavy atom. The minimum Gasteiger partial charge on any atom is -0.394 e. The number of benzene rings is 2. The van der Waals surface area contributed by atoms with Crippen LogP contribution in [0.1, 0.15) is 56.6 Å². The van der Waals surface area contributed by atoms with Gasteiger partial charge in [-0.1, -0.05) is 35.9 Å². The topological polar surface area (TPSA) is 193 Å². The number of rotatable bonds is 12. The first-order valence-electron chi connectivity index (χ1n) is 16.6. The number of guanidine groups is 1. The number of hydrogen-bond donors (Lipinski definition) is 5. The van der Waals surface area contributed by atoms with Gasteiger partial charge in [0.25, 0.3) is 0 Å². The number of nitrogens with zero attached hydrogens (tertiary/aromatic N) is 2. The molecule has 272 valence electrons. The molecule has 0 heterocycles. The van der Waals surface area contributed by atoms with Crippen molar-refractivity contribution < 1.29 is 32.7 Å². The number of carbonyl (C=O) groups is 3. The Morgan fingerprint density at radius 3 is 2.10 bits per heavy atom. The summed E-state index contributed by atoms with van der Waals surface area (Å²) in [7, 11) is -2.65. The molecule has 4 bridgehead atoms. The molecular formula is C35H47ClN6O7S. The van der Waals surface area contributed by atoms with Crippen molar-refractivity contribution in [2.24, 2.45) is 33.9 Å². The van der Waals surface area contributed by atoms with Crippen molar-refractivity contribution in [3.63, 3.8) is 0 Å². The summed E-state index contributed by atoms with van der Waals surface area (Å²) in [6.45, 7) is 6.84. The summed E-state index contributed by atoms with van der Waals surface area (Å²) in [5, 5.41) is 13.0. The first kappa shape index (κ1) is 38.8. The molecular weight excluding hydrogens is 684 g/mol. The molecule has 4 aliphatic carbocycles. The van der Waals surface area contributed by atoms with E-state index in [1.807, 2.05) is 0 Å². The SMILES string of the molecule is C=C.C[C@@H](C(=O)NCc1ccc(N=C(N)NOC(=O)C23CC4CC(CC(C4)C2)C3)cc1)N(C)C(=O)[C@@H](CO)NS(=O)(=O)Cc1ccc(Cl)cc1. The molecule has 4 aliphatic rings. The Labute approximate surface area is 298 Å². The van der Waals surface area contributed by atoms with Gasteiger partial charge < -0.3 is 25.9 Å². The molecule has 15 heteroatoms. The smallest absolute Gasteiger partial charge is 0.338 e. The van der Waals surface area contributed by atoms with Crippen LogP contribution in [0.4, 0.5) is 5.69 Å². The number of halogens is 1. The van der Waals surface area contributed by atoms with Crippen molar-refractivity contribution in [2.45, 2.75) is 69.8 Å². The molecule has 2 aromatic rings. The molecule has 50 heavy (non-hydrogen) atoms. The number of likely N-dealkylation sites (N-methyl/N-ethyl adjacent to an activating group) is 1. The summed E-state index contributed by atoms with van der Waals surface area (Å²) >= 11 is 5.85. The van der Waals surface area contributed by atoms with Gasteiger partial charge in [-0.2, -0.15) is 5.48 Å². The molecule has 0 saturated heterocycles. The van der Waals surface area contributed by atoms with Crippen molar-refractivity contribution in [2.75, 3.05) is 13.7 Å². The Balaban J connectivity index is 0.00000276. The molecule has 2 amide bonds. The van der Waals surface area contributed by atoms with E-state index in [2.05, 4.69) is 33.7 Å². The highest BCUT2D eigenvalue weighted by molar-refractivity contribution is 7.88. The number of hydrogen-bond acceptors (Lipinski definition) is 8. The van der Waals surface area contributed by atoms with Crippen LogP contribution < -0.4 is 21.3 Å². The Bertz CT molecular complexity index is 1620. The summed E-state index contributed by atoms with van der Waals surface area (Å²) in [6, 6.07) is 10.6. The zero-order valence-electron chi connectivity index (χ0n) is 28.4. The van der Waals surface area contributed by atoms with Crippen LogP contribution in [0.2, 0.25) is 5.02 Å². The Kier molecular flexibility index (Phi) is 13.1. The summed E-state index contributed by atoms with van der Waals surface area (Å²) in [5.41, 5.74) is 9.78. The van der Waals surface area contributed by atoms with Crippen LogP contribution in [-0.2, 0) is 41.5 Å². The van der Waals surface area contributed by atoms with Crippen molar-refractivity contribution in [3.05, 3.63) is 77.8 Å². The standard InChI is InChI=1S/C33H43ClN6O7S.C2H4/c1-20(40(2)30(43)28(18-41)39-48(45,46)19-22-3-7-26(34)8-4-22)29(42)36-17-21-5-9-27(10-6-21)37-32(35)38-47-31(44)33-14-23-11-24(15-33)13-25(12-23)16-33;1-2/h3-10,20,23-25,28,39,41H,11-19H2,1-2H3,(H,36,42)(H3,35,37,38);1-2H2/t20-,23?,24?,25?,28+,33?;/m0./s1. The number of carbonyl (C=O) groups excluding carboxylic acids is 3. The molecule has 0 unspecified atom stereocenters. The predicted molar refractivity (Wildman–Crippen MR) is 191 cm³/mol. The van der Waals surface area contributed by atoms with Crippen LogP contribution in [0.15, 0.2) is 66.7 Å². The molecule has 0 spiro atoms. The van der Waals surface area contributed by atoms with Gasteiger partial charge in [-0.25, -0.2) is 22.9 Å². The van der Waals surface area contributed by atoms with Crippen molar-refractivity contribution in [3.8, 4) is 0 Å². The van der Waals surface area contributed by atoms with Gasteiger partial charge in [0, 0.05) is 18.6 Å². The van der Waals surface area contributed by atoms with E-state index in [0.717, 1.165) is 29.7 Å². The maximum Gasteiger partial charge on any atom is 0.338 e. The number of nitrogens with one attached hydrogen (secondary N) is 3. The second-order valence-electron chi connectivity index (χ2n) is 13.4. The van der Waals surface area contributed by atoms with E-state index >= 15 is 0 Å². The molecule has 2 atom stereocenters. The quantitative estimate of drug-likeness (QED) is 0.0944. The van der Waals surface area contributed by atoms with Gasteiger partial charge in [-0.05, 0) is 98.6 Å². The molecule has 0 aliphatic heterocycles. The number of aliphatic imine (C=N–C) groups is 1. The minimum absolute atomic E-state index is 0.0517. The summed E-state index contributed by atoms with van der Waals surface area (Å²) < 4.78 is 27.5. The lowest BCUT2D eigenvalue weighted by molar-refractivity contribution is -0.176. The highest BCUT2D eigenvalue weighted by Crippen LogP contribution is 2.60. The van der Waals surface area contributed by atoms with Gasteiger partial charge in [0.15, 0.2) is 0 Å². The number of aliphatic hydroxyl groups excluding tert-OH is 1. The van der Waals surface area contributed by atoms with Crippen LogP contribution in [0.25, 0.3) is 0 Å². The van der Waals surface area contributed by atoms with E-state index in [0.29, 0.717) is 34.0 Å². The zero-order chi connectivity index (χ0) is 36.6. The molecule has 6 N–H and O–H groups in total. The predicted octanol–water partition coefficient (Wildman–Crippen LogP) is 3.30. The second kappa shape index (κ2) is 16.8. The maximum atomic E-state index is 13.0. The number of sulfonamides is 1. The van der Waals surface area contributed by atoms with Gasteiger partial charge in [-0.15, -0.1) is 13.2 Å². The molecule has 0 aromatic heterocycles. The monoisotopic (exact) mass is 730 g/mol. The Morgan fingerprint density at radius 1 is 1.02 bits per heavy atom. The average molecular weight is 731 g/mol. The van der Waals surface area contributed by atoms with Crippen LogP contribution in [0.3, 0.4) is 0 Å². The fraction of sp³-hybridized carbons (Fsp3) is 0.486. The number of hydroxylamine groups is 1. The highest BCUT2D eigenvalue weighted by atomic mass is 35.5. The maximum absolute atomic E-state index is 13.0. The first-order chi connectivity index (χ1) is 23.8. The summed E-state index contributed by atoms with van der Waals surface area (Å²) in [5.74, 6) is -0.134. The lowest BCUT2D eigenvalue weighted by Crippen LogP contribution is -2.54. The van der Waals surface area contributed by atoms with E-state index in [4.69, 9.17) is 22.2 Å². The van der Waals surface area contributed by atoms with Crippen molar-refractivity contribution in [1.29, 1.82) is 0 Å². The lowest BCUT2D eigenvalue weighted by Gasteiger charge is -2.54. The third-order valence-corrected chi connectivity index (χ3v) is 11.4. The first-order valence-corrected chi connectivity index (χ1v) is 18.6. The van der Waals surface area contributed by atoms with Crippen molar-refractivity contribution >= 4 is 51.1 Å². The van der Waals surface area contributed by atoms with Crippen LogP contribution in [-0.4, -0.2) is 67.9 Å². The van der Waals surface area contributed by atoms with Crippen molar-refractivity contribution in [1.82, 2.24) is 20.4 Å². The van der Waals surface area contributed by atoms with Crippen LogP contribution in [0, 0.1) is 23.2 Å². The summed E-state index contributed by atoms with van der Waals surface area (Å²) in [6.07, 6.45) is 6.33. The lowest BCUT2D eigenvalue weighted by atomic mass is 9.49. The highest BCUT2D eigenvalue weighted by Gasteiger charge is 2.55. The average Bonchev–Trinajstić information content (AvgIpc) is 3.09. The van der Waals surface area contributed by atoms with E-state index in [9.17, 15) is 27.9 Å². The molecule has 2 aromatic carbocycles. The molecule has 4 saturated carbocycles. The fourth-order valence-corrected chi connectivity index (χ4v) is 9.04. The van der Waals surface area contributed by atoms with E-state index in [1.54, 1.807) is 48.5 Å². The van der Waals surface area contributed by atoms with Gasteiger partial charge in [0.1, 0.15) is 12.1 Å². The number of amides is 2. The normalized spacial score (nSPS) is 23.5. The molecule has 0 radical (unpaired) electrons. The molecule has 4 fully saturated rings. The van der Waals surface area contributed by atoms with Crippen LogP contribution in [0.5, 0.6) is 0 Å². The third kappa shape index (κ3) is 9.83. The largest absolute Gasteiger partial charge is 0.394 e. The molecule has 6 rings (SSSR count). The van der Waals surface area contributed by atoms with Gasteiger partial charge in [0.2, 0.25) is 27.8 Å². The van der Waals surface area contributed by atoms with E-state index in [1.165, 1.54) is 33.2 Å². The van der Waals surface area contributed by atoms with Crippen LogP contribution >= 0.6 is 11.6 Å². The Hall–Kier alpha value is -3.98. The zero-order valence-corrected chi connectivity index (χ0v) is 30.0. The number of nitrogens with two attached hydrogens (primary N) is 1. The van der Waals surface area contributed by atoms with E-state index in [-0.39, 0.29) is 18.5 Å². The van der Waals surface area contributed by atoms with Gasteiger partial charge in [-0.3, -0.25) is 9.59 Å². The van der Waals surface area contributed by atoms with Gasteiger partial charge >= 0.3 is 5.97 Å². The second-order valence-corrected chi connectivity index (χ2v) is 15.6. The minimum atomic E-state index is -4.00. The molecule has 13 nitrogen and oxygen atoms in total. The number of aliphatic hydroxyl groups is 1. The van der Waals surface area contributed by atoms with E-state index < -0.39 is 51.7 Å². The summed E-state index contributed by atoms with van der Waals surface area (Å²) in [4.78, 5) is 49.6. The fourth-order valence-electron chi connectivity index (χ4n) is 7.59. The third-order valence-electron chi connectivity index (χ3n) is 9.75. The van der Waals surface area contributed by atoms with Gasteiger partial charge in [0.05, 0.1) is 23.5 Å².